The molecule has 0 aliphatic carbocycles. The Morgan fingerprint density at radius 1 is 1.04 bits per heavy atom. The van der Waals surface area contributed by atoms with Gasteiger partial charge in [-0.3, -0.25) is 0 Å². The first-order valence-electron chi connectivity index (χ1n) is 7.93. The van der Waals surface area contributed by atoms with E-state index in [9.17, 15) is 0 Å². The zero-order valence-electron chi connectivity index (χ0n) is 13.4. The number of aromatic amines is 1. The Balaban J connectivity index is 1.85. The van der Waals surface area contributed by atoms with E-state index in [1.165, 1.54) is 0 Å². The summed E-state index contributed by atoms with van der Waals surface area (Å²) < 4.78 is 17.1. The molecule has 0 fully saturated rings. The van der Waals surface area contributed by atoms with Crippen molar-refractivity contribution < 1.29 is 14.2 Å². The lowest BCUT2D eigenvalue weighted by Crippen LogP contribution is -1.97. The number of benzene rings is 2. The van der Waals surface area contributed by atoms with Crippen molar-refractivity contribution in [3.05, 3.63) is 48.8 Å². The highest BCUT2D eigenvalue weighted by atomic mass is 16.5. The van der Waals surface area contributed by atoms with Crippen LogP contribution in [0.4, 0.5) is 0 Å². The van der Waals surface area contributed by atoms with Gasteiger partial charge in [-0.15, -0.1) is 0 Å². The molecule has 5 heteroatoms. The molecule has 122 valence electrons. The number of hydrogen-bond donors (Lipinski definition) is 1. The lowest BCUT2D eigenvalue weighted by Gasteiger charge is -2.14. The number of fused-ring (bicyclic) bond motifs is 1. The van der Waals surface area contributed by atoms with Gasteiger partial charge >= 0.3 is 0 Å². The maximum Gasteiger partial charge on any atom is 0.164 e. The van der Waals surface area contributed by atoms with Crippen LogP contribution in [0.25, 0.3) is 22.5 Å². The zero-order valence-corrected chi connectivity index (χ0v) is 13.4. The van der Waals surface area contributed by atoms with Crippen molar-refractivity contribution >= 4 is 0 Å². The van der Waals surface area contributed by atoms with Crippen molar-refractivity contribution in [3.63, 3.8) is 0 Å². The van der Waals surface area contributed by atoms with E-state index in [2.05, 4.69) is 9.97 Å². The summed E-state index contributed by atoms with van der Waals surface area (Å²) in [4.78, 5) is 7.72. The summed E-state index contributed by atoms with van der Waals surface area (Å²) in [5.74, 6) is 2.17. The van der Waals surface area contributed by atoms with Crippen LogP contribution in [-0.4, -0.2) is 30.3 Å². The van der Waals surface area contributed by atoms with Gasteiger partial charge in [-0.25, -0.2) is 4.98 Å². The first-order chi connectivity index (χ1) is 11.9. The molecule has 2 aromatic carbocycles. The largest absolute Gasteiger partial charge is 0.496 e. The number of H-pyrrole nitrogens is 1. The minimum atomic E-state index is 0.646. The molecule has 0 unspecified atom stereocenters. The van der Waals surface area contributed by atoms with Crippen LogP contribution in [0.2, 0.25) is 0 Å². The summed E-state index contributed by atoms with van der Waals surface area (Å²) in [5, 5.41) is 0. The molecule has 0 spiro atoms. The molecule has 0 radical (unpaired) electrons. The minimum absolute atomic E-state index is 0.646. The number of methoxy groups -OCH3 is 1. The molecule has 3 aromatic rings. The van der Waals surface area contributed by atoms with Crippen LogP contribution in [0, 0.1) is 0 Å². The third kappa shape index (κ3) is 2.58. The van der Waals surface area contributed by atoms with Crippen molar-refractivity contribution in [2.45, 2.75) is 6.42 Å². The van der Waals surface area contributed by atoms with E-state index in [0.29, 0.717) is 19.0 Å². The van der Waals surface area contributed by atoms with Crippen molar-refractivity contribution in [2.75, 3.05) is 20.3 Å². The number of rotatable bonds is 3. The highest BCUT2D eigenvalue weighted by molar-refractivity contribution is 5.82. The average molecular weight is 322 g/mol. The number of hydrogen-bond acceptors (Lipinski definition) is 4. The van der Waals surface area contributed by atoms with E-state index in [1.54, 1.807) is 13.4 Å². The van der Waals surface area contributed by atoms with Crippen LogP contribution in [-0.2, 0) is 0 Å². The Labute approximate surface area is 140 Å². The molecule has 1 aliphatic rings. The number of imidazole rings is 1. The second-order valence-electron chi connectivity index (χ2n) is 5.54. The fourth-order valence-corrected chi connectivity index (χ4v) is 2.87. The van der Waals surface area contributed by atoms with E-state index in [4.69, 9.17) is 14.2 Å². The molecule has 0 saturated heterocycles. The van der Waals surface area contributed by atoms with Crippen LogP contribution in [0.3, 0.4) is 0 Å². The van der Waals surface area contributed by atoms with E-state index in [1.807, 2.05) is 42.5 Å². The molecule has 0 saturated carbocycles. The van der Waals surface area contributed by atoms with Gasteiger partial charge < -0.3 is 19.2 Å². The molecule has 0 atom stereocenters. The normalized spacial score (nSPS) is 13.4. The van der Waals surface area contributed by atoms with Crippen LogP contribution in [0.5, 0.6) is 17.2 Å². The average Bonchev–Trinajstić information content (AvgIpc) is 3.00. The zero-order chi connectivity index (χ0) is 16.4. The van der Waals surface area contributed by atoms with Gasteiger partial charge in [0.2, 0.25) is 0 Å². The molecule has 5 nitrogen and oxygen atoms in total. The third-order valence-electron chi connectivity index (χ3n) is 4.03. The molecular formula is C19H18N2O3. The van der Waals surface area contributed by atoms with E-state index in [0.717, 1.165) is 40.4 Å². The van der Waals surface area contributed by atoms with Gasteiger partial charge in [0, 0.05) is 23.6 Å². The Hall–Kier alpha value is -2.95. The maximum atomic E-state index is 5.82. The Morgan fingerprint density at radius 2 is 1.79 bits per heavy atom. The molecule has 2 heterocycles. The first-order valence-corrected chi connectivity index (χ1v) is 7.93. The van der Waals surface area contributed by atoms with Gasteiger partial charge in [0.15, 0.2) is 11.5 Å². The summed E-state index contributed by atoms with van der Waals surface area (Å²) >= 11 is 0. The predicted molar refractivity (Wildman–Crippen MR) is 91.6 cm³/mol. The van der Waals surface area contributed by atoms with Gasteiger partial charge in [0.25, 0.3) is 0 Å². The lowest BCUT2D eigenvalue weighted by atomic mass is 10.0. The van der Waals surface area contributed by atoms with Crippen LogP contribution < -0.4 is 14.2 Å². The summed E-state index contributed by atoms with van der Waals surface area (Å²) in [5.41, 5.74) is 3.72. The monoisotopic (exact) mass is 322 g/mol. The SMILES string of the molecule is COc1cc2c(cc1-c1[nH]cnc1-c1ccccc1)OCCCO2. The molecular weight excluding hydrogens is 304 g/mol. The summed E-state index contributed by atoms with van der Waals surface area (Å²) in [7, 11) is 1.65. The highest BCUT2D eigenvalue weighted by Gasteiger charge is 2.20. The number of aromatic nitrogens is 2. The van der Waals surface area contributed by atoms with Crippen molar-refractivity contribution in [1.82, 2.24) is 9.97 Å². The molecule has 0 amide bonds. The summed E-state index contributed by atoms with van der Waals surface area (Å²) in [6.07, 6.45) is 2.56. The van der Waals surface area contributed by atoms with E-state index < -0.39 is 0 Å². The molecule has 4 rings (SSSR count). The maximum absolute atomic E-state index is 5.82. The first kappa shape index (κ1) is 14.6. The standard InChI is InChI=1S/C19H18N2O3/c1-22-15-11-17-16(23-8-5-9-24-17)10-14(15)19-18(20-12-21-19)13-6-3-2-4-7-13/h2-4,6-7,10-12H,5,8-9H2,1H3,(H,20,21). The Morgan fingerprint density at radius 3 is 2.54 bits per heavy atom. The number of nitrogens with one attached hydrogen (secondary N) is 1. The van der Waals surface area contributed by atoms with Gasteiger partial charge in [-0.2, -0.15) is 0 Å². The Kier molecular flexibility index (Phi) is 3.83. The topological polar surface area (TPSA) is 56.4 Å². The summed E-state index contributed by atoms with van der Waals surface area (Å²) in [6, 6.07) is 13.9. The van der Waals surface area contributed by atoms with Crippen molar-refractivity contribution in [2.24, 2.45) is 0 Å². The van der Waals surface area contributed by atoms with Crippen molar-refractivity contribution in [3.8, 4) is 39.8 Å². The van der Waals surface area contributed by atoms with Gasteiger partial charge in [0.05, 0.1) is 38.0 Å². The van der Waals surface area contributed by atoms with Gasteiger partial charge in [-0.05, 0) is 6.07 Å². The van der Waals surface area contributed by atoms with Crippen LogP contribution >= 0.6 is 0 Å². The van der Waals surface area contributed by atoms with Gasteiger partial charge in [-0.1, -0.05) is 30.3 Å². The summed E-state index contributed by atoms with van der Waals surface area (Å²) in [6.45, 7) is 1.29. The number of ether oxygens (including phenoxy) is 3. The molecule has 24 heavy (non-hydrogen) atoms. The van der Waals surface area contributed by atoms with Crippen LogP contribution in [0.1, 0.15) is 6.42 Å². The molecule has 1 N–H and O–H groups in total. The number of nitrogens with zero attached hydrogens (tertiary/aromatic N) is 1. The fraction of sp³-hybridized carbons (Fsp3) is 0.211. The third-order valence-corrected chi connectivity index (χ3v) is 4.03. The molecule has 0 bridgehead atoms. The second-order valence-corrected chi connectivity index (χ2v) is 5.54. The van der Waals surface area contributed by atoms with E-state index in [-0.39, 0.29) is 0 Å². The quantitative estimate of drug-likeness (QED) is 0.794. The van der Waals surface area contributed by atoms with Gasteiger partial charge in [0.1, 0.15) is 5.75 Å². The predicted octanol–water partition coefficient (Wildman–Crippen LogP) is 3.91. The Bertz CT molecular complexity index is 843. The second kappa shape index (κ2) is 6.28. The molecule has 1 aromatic heterocycles. The smallest absolute Gasteiger partial charge is 0.164 e. The minimum Gasteiger partial charge on any atom is -0.496 e. The van der Waals surface area contributed by atoms with Crippen LogP contribution in [0.15, 0.2) is 48.8 Å². The van der Waals surface area contributed by atoms with E-state index >= 15 is 0 Å². The molecule has 1 aliphatic heterocycles. The fourth-order valence-electron chi connectivity index (χ4n) is 2.87. The van der Waals surface area contributed by atoms with Crippen molar-refractivity contribution in [1.29, 1.82) is 0 Å². The highest BCUT2D eigenvalue weighted by Crippen LogP contribution is 2.42. The lowest BCUT2D eigenvalue weighted by molar-refractivity contribution is 0.296.